The fourth-order valence-corrected chi connectivity index (χ4v) is 2.36. The van der Waals surface area contributed by atoms with Gasteiger partial charge in [0.05, 0.1) is 16.4 Å². The van der Waals surface area contributed by atoms with Gasteiger partial charge in [0.25, 0.3) is 0 Å². The smallest absolute Gasteiger partial charge is 0.0663 e. The molecule has 4 nitrogen and oxygen atoms in total. The molecule has 0 unspecified atom stereocenters. The number of aryl methyl sites for hydroxylation is 1. The second-order valence-corrected chi connectivity index (χ2v) is 4.80. The normalized spacial score (nSPS) is 17.9. The van der Waals surface area contributed by atoms with E-state index in [4.69, 9.17) is 0 Å². The van der Waals surface area contributed by atoms with Gasteiger partial charge in [-0.2, -0.15) is 5.10 Å². The molecular weight excluding hydrogens is 291 g/mol. The van der Waals surface area contributed by atoms with Gasteiger partial charge in [0, 0.05) is 26.7 Å². The van der Waals surface area contributed by atoms with Crippen molar-refractivity contribution in [2.75, 3.05) is 26.2 Å². The van der Waals surface area contributed by atoms with Crippen LogP contribution in [0.4, 0.5) is 0 Å². The Morgan fingerprint density at radius 1 is 1.44 bits per heavy atom. The van der Waals surface area contributed by atoms with E-state index in [1.165, 1.54) is 18.7 Å². The van der Waals surface area contributed by atoms with Crippen molar-refractivity contribution in [3.63, 3.8) is 0 Å². The fraction of sp³-hybridized carbons (Fsp3) is 0.700. The highest BCUT2D eigenvalue weighted by Crippen LogP contribution is 2.17. The molecule has 0 radical (unpaired) electrons. The molecule has 1 fully saturated rings. The van der Waals surface area contributed by atoms with Crippen LogP contribution in [0.1, 0.15) is 12.1 Å². The van der Waals surface area contributed by atoms with Gasteiger partial charge in [-0.3, -0.25) is 9.58 Å². The van der Waals surface area contributed by atoms with Gasteiger partial charge in [0.15, 0.2) is 0 Å². The topological polar surface area (TPSA) is 33.1 Å². The van der Waals surface area contributed by atoms with Crippen LogP contribution in [0.2, 0.25) is 0 Å². The van der Waals surface area contributed by atoms with Crippen molar-refractivity contribution in [3.05, 3.63) is 16.4 Å². The van der Waals surface area contributed by atoms with Crippen molar-refractivity contribution < 1.29 is 0 Å². The molecule has 92 valence electrons. The third kappa shape index (κ3) is 3.45. The lowest BCUT2D eigenvalue weighted by molar-refractivity contribution is 0.276. The molecule has 0 aromatic carbocycles. The Morgan fingerprint density at radius 2 is 2.25 bits per heavy atom. The van der Waals surface area contributed by atoms with Crippen LogP contribution in [-0.4, -0.2) is 40.9 Å². The number of nitrogens with one attached hydrogen (secondary N) is 1. The lowest BCUT2D eigenvalue weighted by Gasteiger charge is -2.19. The first-order chi connectivity index (χ1) is 7.27. The molecule has 0 aliphatic carbocycles. The number of nitrogens with zero attached hydrogens (tertiary/aromatic N) is 3. The van der Waals surface area contributed by atoms with Gasteiger partial charge in [0.2, 0.25) is 0 Å². The van der Waals surface area contributed by atoms with Crippen LogP contribution in [0, 0.1) is 0 Å². The number of halogens is 2. The zero-order chi connectivity index (χ0) is 10.7. The Morgan fingerprint density at radius 3 is 2.94 bits per heavy atom. The van der Waals surface area contributed by atoms with Gasteiger partial charge in [-0.05, 0) is 35.4 Å². The van der Waals surface area contributed by atoms with Gasteiger partial charge in [-0.15, -0.1) is 12.4 Å². The highest BCUT2D eigenvalue weighted by atomic mass is 79.9. The maximum absolute atomic E-state index is 4.23. The Kier molecular flexibility index (Phi) is 5.75. The molecule has 2 heterocycles. The largest absolute Gasteiger partial charge is 0.315 e. The summed E-state index contributed by atoms with van der Waals surface area (Å²) in [5.74, 6) is 0. The molecule has 1 aliphatic heterocycles. The first-order valence-corrected chi connectivity index (χ1v) is 6.16. The summed E-state index contributed by atoms with van der Waals surface area (Å²) in [6.07, 6.45) is 3.10. The van der Waals surface area contributed by atoms with E-state index in [1.54, 1.807) is 0 Å². The Bertz CT molecular complexity index is 301. The second kappa shape index (κ2) is 6.59. The Labute approximate surface area is 111 Å². The third-order valence-electron chi connectivity index (χ3n) is 2.82. The molecule has 0 amide bonds. The van der Waals surface area contributed by atoms with Crippen LogP contribution in [-0.2, 0) is 13.6 Å². The summed E-state index contributed by atoms with van der Waals surface area (Å²) in [6, 6.07) is 0. The SMILES string of the molecule is Cl.Cn1ncc(Br)c1CN1CCCNCC1. The summed E-state index contributed by atoms with van der Waals surface area (Å²) in [5, 5.41) is 7.64. The maximum atomic E-state index is 4.23. The maximum Gasteiger partial charge on any atom is 0.0663 e. The van der Waals surface area contributed by atoms with Gasteiger partial charge < -0.3 is 5.32 Å². The summed E-state index contributed by atoms with van der Waals surface area (Å²) in [7, 11) is 2.00. The summed E-state index contributed by atoms with van der Waals surface area (Å²) >= 11 is 3.54. The molecular formula is C10H18BrClN4. The van der Waals surface area contributed by atoms with E-state index in [2.05, 4.69) is 31.2 Å². The highest BCUT2D eigenvalue weighted by molar-refractivity contribution is 9.10. The van der Waals surface area contributed by atoms with Crippen molar-refractivity contribution >= 4 is 28.3 Å². The zero-order valence-electron chi connectivity index (χ0n) is 9.45. The molecule has 1 aromatic heterocycles. The summed E-state index contributed by atoms with van der Waals surface area (Å²) < 4.78 is 3.06. The molecule has 0 saturated carbocycles. The van der Waals surface area contributed by atoms with E-state index < -0.39 is 0 Å². The van der Waals surface area contributed by atoms with Crippen molar-refractivity contribution in [1.82, 2.24) is 20.0 Å². The minimum atomic E-state index is 0. The molecule has 1 aromatic rings. The first-order valence-electron chi connectivity index (χ1n) is 5.37. The van der Waals surface area contributed by atoms with Crippen molar-refractivity contribution in [1.29, 1.82) is 0 Å². The molecule has 2 rings (SSSR count). The minimum absolute atomic E-state index is 0. The van der Waals surface area contributed by atoms with Crippen molar-refractivity contribution in [2.45, 2.75) is 13.0 Å². The lowest BCUT2D eigenvalue weighted by Crippen LogP contribution is -2.28. The molecule has 6 heteroatoms. The predicted molar refractivity (Wildman–Crippen MR) is 70.9 cm³/mol. The number of hydrogen-bond acceptors (Lipinski definition) is 3. The van der Waals surface area contributed by atoms with Crippen LogP contribution < -0.4 is 5.32 Å². The first kappa shape index (κ1) is 14.0. The van der Waals surface area contributed by atoms with E-state index in [0.717, 1.165) is 30.7 Å². The van der Waals surface area contributed by atoms with Gasteiger partial charge in [-0.25, -0.2) is 0 Å². The molecule has 0 bridgehead atoms. The average molecular weight is 310 g/mol. The van der Waals surface area contributed by atoms with Crippen LogP contribution in [0.15, 0.2) is 10.7 Å². The third-order valence-corrected chi connectivity index (χ3v) is 3.48. The van der Waals surface area contributed by atoms with Crippen molar-refractivity contribution in [2.24, 2.45) is 7.05 Å². The second-order valence-electron chi connectivity index (χ2n) is 3.94. The van der Waals surface area contributed by atoms with E-state index >= 15 is 0 Å². The fourth-order valence-electron chi connectivity index (χ4n) is 1.89. The highest BCUT2D eigenvalue weighted by Gasteiger charge is 2.13. The Balaban J connectivity index is 0.00000128. The van der Waals surface area contributed by atoms with Gasteiger partial charge >= 0.3 is 0 Å². The number of aromatic nitrogens is 2. The molecule has 0 atom stereocenters. The minimum Gasteiger partial charge on any atom is -0.315 e. The molecule has 1 saturated heterocycles. The summed E-state index contributed by atoms with van der Waals surface area (Å²) in [4.78, 5) is 2.47. The quantitative estimate of drug-likeness (QED) is 0.896. The van der Waals surface area contributed by atoms with Crippen LogP contribution >= 0.6 is 28.3 Å². The molecule has 1 aliphatic rings. The van der Waals surface area contributed by atoms with E-state index in [1.807, 2.05) is 17.9 Å². The lowest BCUT2D eigenvalue weighted by atomic mass is 10.3. The monoisotopic (exact) mass is 308 g/mol. The van der Waals surface area contributed by atoms with Gasteiger partial charge in [0.1, 0.15) is 0 Å². The summed E-state index contributed by atoms with van der Waals surface area (Å²) in [6.45, 7) is 5.51. The van der Waals surface area contributed by atoms with Crippen molar-refractivity contribution in [3.8, 4) is 0 Å². The molecule has 1 N–H and O–H groups in total. The summed E-state index contributed by atoms with van der Waals surface area (Å²) in [5.41, 5.74) is 1.26. The zero-order valence-corrected chi connectivity index (χ0v) is 11.9. The standard InChI is InChI=1S/C10H17BrN4.ClH/c1-14-10(9(11)7-13-14)8-15-5-2-3-12-4-6-15;/h7,12H,2-6,8H2,1H3;1H. The van der Waals surface area contributed by atoms with Gasteiger partial charge in [-0.1, -0.05) is 0 Å². The van der Waals surface area contributed by atoms with Crippen LogP contribution in [0.25, 0.3) is 0 Å². The van der Waals surface area contributed by atoms with Crippen LogP contribution in [0.5, 0.6) is 0 Å². The average Bonchev–Trinajstić information content (AvgIpc) is 2.49. The predicted octanol–water partition coefficient (Wildman–Crippen LogP) is 1.40. The van der Waals surface area contributed by atoms with E-state index in [0.29, 0.717) is 0 Å². The van der Waals surface area contributed by atoms with E-state index in [-0.39, 0.29) is 12.4 Å². The number of rotatable bonds is 2. The molecule has 0 spiro atoms. The molecule has 16 heavy (non-hydrogen) atoms. The Hall–Kier alpha value is -0.100. The van der Waals surface area contributed by atoms with E-state index in [9.17, 15) is 0 Å². The number of hydrogen-bond donors (Lipinski definition) is 1. The van der Waals surface area contributed by atoms with Crippen LogP contribution in [0.3, 0.4) is 0 Å².